The van der Waals surface area contributed by atoms with Crippen LogP contribution in [0.5, 0.6) is 0 Å². The Bertz CT molecular complexity index is 243. The summed E-state index contributed by atoms with van der Waals surface area (Å²) in [4.78, 5) is 0. The quantitative estimate of drug-likeness (QED) is 0.451. The van der Waals surface area contributed by atoms with Gasteiger partial charge in [-0.2, -0.15) is 0 Å². The molecule has 0 aliphatic heterocycles. The van der Waals surface area contributed by atoms with E-state index >= 15 is 0 Å². The van der Waals surface area contributed by atoms with E-state index in [-0.39, 0.29) is 0 Å². The first-order valence-corrected chi connectivity index (χ1v) is 4.54. The van der Waals surface area contributed by atoms with Crippen molar-refractivity contribution in [2.45, 2.75) is 39.7 Å². The number of hydrogen-bond acceptors (Lipinski definition) is 0. The highest BCUT2D eigenvalue weighted by Crippen LogP contribution is 2.03. The molecule has 0 amide bonds. The number of hydrogen-bond donors (Lipinski definition) is 0. The molecule has 0 aromatic carbocycles. The molecule has 0 aliphatic carbocycles. The van der Waals surface area contributed by atoms with E-state index in [0.717, 1.165) is 19.0 Å². The topological polar surface area (TPSA) is 0 Å². The van der Waals surface area contributed by atoms with E-state index in [9.17, 15) is 0 Å². The largest absolute Gasteiger partial charge is 0.180 e. The second kappa shape index (κ2) is 8.84. The fourth-order valence-corrected chi connectivity index (χ4v) is 0.956. The van der Waals surface area contributed by atoms with Gasteiger partial charge >= 0.3 is 0 Å². The summed E-state index contributed by atoms with van der Waals surface area (Å²) in [7, 11) is 0. The normalized spacial score (nSPS) is 6.69. The minimum absolute atomic E-state index is 0.521. The predicted octanol–water partition coefficient (Wildman–Crippen LogP) is 2.55. The van der Waals surface area contributed by atoms with Gasteiger partial charge in [-0.3, -0.25) is 0 Å². The lowest BCUT2D eigenvalue weighted by atomic mass is 9.43. The standard InChI is InChI=1S/C12H15B/c1-4-7-10-13(11-8-5-2)12-9-6-3/h10-12H2,1-3H3. The van der Waals surface area contributed by atoms with Crippen molar-refractivity contribution in [1.29, 1.82) is 0 Å². The van der Waals surface area contributed by atoms with Crippen molar-refractivity contribution in [2.24, 2.45) is 0 Å². The van der Waals surface area contributed by atoms with Crippen molar-refractivity contribution in [3.05, 3.63) is 0 Å². The van der Waals surface area contributed by atoms with Gasteiger partial charge in [-0.15, -0.1) is 35.5 Å². The second-order valence-electron chi connectivity index (χ2n) is 2.76. The molecule has 0 aromatic rings. The third-order valence-electron chi connectivity index (χ3n) is 1.70. The van der Waals surface area contributed by atoms with Crippen LogP contribution in [0.4, 0.5) is 0 Å². The number of rotatable bonds is 3. The summed E-state index contributed by atoms with van der Waals surface area (Å²) in [5.74, 6) is 18.0. The van der Waals surface area contributed by atoms with Crippen molar-refractivity contribution >= 4 is 6.71 Å². The van der Waals surface area contributed by atoms with Crippen molar-refractivity contribution in [3.63, 3.8) is 0 Å². The predicted molar refractivity (Wildman–Crippen MR) is 60.5 cm³/mol. The van der Waals surface area contributed by atoms with Gasteiger partial charge in [0.1, 0.15) is 0 Å². The second-order valence-corrected chi connectivity index (χ2v) is 2.76. The first kappa shape index (κ1) is 11.7. The van der Waals surface area contributed by atoms with Crippen LogP contribution in [0.3, 0.4) is 0 Å². The van der Waals surface area contributed by atoms with Gasteiger partial charge < -0.3 is 0 Å². The zero-order valence-corrected chi connectivity index (χ0v) is 8.70. The summed E-state index contributed by atoms with van der Waals surface area (Å²) >= 11 is 0. The zero-order chi connectivity index (χ0) is 9.94. The summed E-state index contributed by atoms with van der Waals surface area (Å²) in [5.41, 5.74) is 0. The smallest absolute Gasteiger partial charge is 0.112 e. The Kier molecular flexibility index (Phi) is 7.98. The average Bonchev–Trinajstić information content (AvgIpc) is 2.17. The minimum Gasteiger partial charge on any atom is -0.112 e. The summed E-state index contributed by atoms with van der Waals surface area (Å²) < 4.78 is 0. The van der Waals surface area contributed by atoms with Crippen LogP contribution in [-0.4, -0.2) is 6.71 Å². The first-order chi connectivity index (χ1) is 6.35. The Labute approximate surface area is 82.6 Å². The Balaban J connectivity index is 4.01. The Hall–Kier alpha value is -1.26. The molecule has 0 atom stereocenters. The summed E-state index contributed by atoms with van der Waals surface area (Å²) in [5, 5.41) is 0. The highest BCUT2D eigenvalue weighted by Gasteiger charge is 2.08. The molecule has 0 heterocycles. The molecule has 0 rings (SSSR count). The lowest BCUT2D eigenvalue weighted by molar-refractivity contribution is 1.52. The van der Waals surface area contributed by atoms with Gasteiger partial charge in [0.15, 0.2) is 6.71 Å². The van der Waals surface area contributed by atoms with Crippen LogP contribution in [-0.2, 0) is 0 Å². The fraction of sp³-hybridized carbons (Fsp3) is 0.500. The van der Waals surface area contributed by atoms with E-state index in [1.807, 2.05) is 20.8 Å². The van der Waals surface area contributed by atoms with Crippen LogP contribution in [0.2, 0.25) is 19.0 Å². The van der Waals surface area contributed by atoms with Gasteiger partial charge in [0.05, 0.1) is 0 Å². The highest BCUT2D eigenvalue weighted by atomic mass is 13.7. The molecule has 0 aromatic heterocycles. The third-order valence-corrected chi connectivity index (χ3v) is 1.70. The summed E-state index contributed by atoms with van der Waals surface area (Å²) in [6, 6.07) is 0. The molecule has 0 unspecified atom stereocenters. The molecule has 0 saturated carbocycles. The lowest BCUT2D eigenvalue weighted by Crippen LogP contribution is -2.08. The van der Waals surface area contributed by atoms with Crippen LogP contribution in [0.25, 0.3) is 0 Å². The van der Waals surface area contributed by atoms with E-state index < -0.39 is 0 Å². The van der Waals surface area contributed by atoms with Gasteiger partial charge in [0.25, 0.3) is 0 Å². The molecule has 13 heavy (non-hydrogen) atoms. The van der Waals surface area contributed by atoms with Crippen LogP contribution in [0, 0.1) is 35.5 Å². The lowest BCUT2D eigenvalue weighted by Gasteiger charge is -2.00. The molecule has 0 N–H and O–H groups in total. The SMILES string of the molecule is CC#CCB(CC#CC)CC#CC. The van der Waals surface area contributed by atoms with Crippen LogP contribution < -0.4 is 0 Å². The van der Waals surface area contributed by atoms with Crippen molar-refractivity contribution in [2.75, 3.05) is 0 Å². The van der Waals surface area contributed by atoms with E-state index in [1.165, 1.54) is 0 Å². The van der Waals surface area contributed by atoms with Crippen molar-refractivity contribution in [3.8, 4) is 35.5 Å². The summed E-state index contributed by atoms with van der Waals surface area (Å²) in [6.45, 7) is 6.13. The molecular weight excluding hydrogens is 155 g/mol. The van der Waals surface area contributed by atoms with E-state index in [2.05, 4.69) is 35.5 Å². The average molecular weight is 170 g/mol. The third kappa shape index (κ3) is 7.12. The summed E-state index contributed by atoms with van der Waals surface area (Å²) in [6.07, 6.45) is 2.75. The molecule has 66 valence electrons. The molecule has 1 heteroatoms. The van der Waals surface area contributed by atoms with Gasteiger partial charge in [0.2, 0.25) is 0 Å². The first-order valence-electron chi connectivity index (χ1n) is 4.54. The van der Waals surface area contributed by atoms with Gasteiger partial charge in [-0.05, 0) is 39.7 Å². The molecule has 0 spiro atoms. The highest BCUT2D eigenvalue weighted by molar-refractivity contribution is 6.61. The molecule has 0 fully saturated rings. The molecular formula is C12H15B. The van der Waals surface area contributed by atoms with Gasteiger partial charge in [-0.1, -0.05) is 0 Å². The molecule has 0 saturated heterocycles. The Morgan fingerprint density at radius 3 is 1.23 bits per heavy atom. The maximum atomic E-state index is 3.08. The van der Waals surface area contributed by atoms with Gasteiger partial charge in [0, 0.05) is 0 Å². The Morgan fingerprint density at radius 1 is 0.692 bits per heavy atom. The van der Waals surface area contributed by atoms with Gasteiger partial charge in [-0.25, -0.2) is 0 Å². The zero-order valence-electron chi connectivity index (χ0n) is 8.70. The van der Waals surface area contributed by atoms with Crippen LogP contribution >= 0.6 is 0 Å². The van der Waals surface area contributed by atoms with E-state index in [4.69, 9.17) is 0 Å². The molecule has 0 nitrogen and oxygen atoms in total. The van der Waals surface area contributed by atoms with Crippen LogP contribution in [0.1, 0.15) is 20.8 Å². The minimum atomic E-state index is 0.521. The molecule has 0 aliphatic rings. The maximum absolute atomic E-state index is 3.08. The van der Waals surface area contributed by atoms with E-state index in [0.29, 0.717) is 6.71 Å². The van der Waals surface area contributed by atoms with Crippen molar-refractivity contribution in [1.82, 2.24) is 0 Å². The van der Waals surface area contributed by atoms with E-state index in [1.54, 1.807) is 0 Å². The fourth-order valence-electron chi connectivity index (χ4n) is 0.956. The molecule has 0 radical (unpaired) electrons. The monoisotopic (exact) mass is 170 g/mol. The maximum Gasteiger partial charge on any atom is 0.180 e. The molecule has 0 bridgehead atoms. The Morgan fingerprint density at radius 2 is 1.00 bits per heavy atom. The van der Waals surface area contributed by atoms with Crippen molar-refractivity contribution < 1.29 is 0 Å². The van der Waals surface area contributed by atoms with Crippen LogP contribution in [0.15, 0.2) is 0 Å².